The Kier molecular flexibility index (Phi) is 2.06. The van der Waals surface area contributed by atoms with Gasteiger partial charge in [0.1, 0.15) is 10.5 Å². The van der Waals surface area contributed by atoms with Crippen LogP contribution in [-0.4, -0.2) is 17.4 Å². The molecule has 2 heterocycles. The molecule has 0 unspecified atom stereocenters. The Morgan fingerprint density at radius 3 is 3.23 bits per heavy atom. The third-order valence-corrected chi connectivity index (χ3v) is 2.67. The Morgan fingerprint density at radius 1 is 1.69 bits per heavy atom. The highest BCUT2D eigenvalue weighted by molar-refractivity contribution is 7.16. The van der Waals surface area contributed by atoms with Crippen molar-refractivity contribution in [3.05, 3.63) is 23.2 Å². The number of aromatic amines is 1. The summed E-state index contributed by atoms with van der Waals surface area (Å²) < 4.78 is 0. The van der Waals surface area contributed by atoms with Gasteiger partial charge in [0, 0.05) is 11.9 Å². The molecular formula is C9H10N2OS. The lowest BCUT2D eigenvalue weighted by Gasteiger charge is -1.96. The van der Waals surface area contributed by atoms with Gasteiger partial charge in [-0.05, 0) is 24.4 Å². The summed E-state index contributed by atoms with van der Waals surface area (Å²) in [5.41, 5.74) is 0.642. The van der Waals surface area contributed by atoms with Crippen molar-refractivity contribution in [1.29, 1.82) is 0 Å². The quantitative estimate of drug-likeness (QED) is 0.754. The van der Waals surface area contributed by atoms with E-state index in [1.54, 1.807) is 11.3 Å². The molecule has 0 aliphatic carbocycles. The minimum atomic E-state index is -0.0362. The molecule has 2 rings (SSSR count). The summed E-state index contributed by atoms with van der Waals surface area (Å²) in [4.78, 5) is 15.5. The van der Waals surface area contributed by atoms with Crippen LogP contribution in [0, 0.1) is 0 Å². The fraction of sp³-hybridized carbons (Fsp3) is 0.222. The van der Waals surface area contributed by atoms with Gasteiger partial charge in [0.15, 0.2) is 0 Å². The molecule has 0 atom stereocenters. The molecule has 0 aliphatic heterocycles. The molecule has 2 N–H and O–H groups in total. The Labute approximate surface area is 79.8 Å². The maximum absolute atomic E-state index is 11.4. The van der Waals surface area contributed by atoms with Crippen LogP contribution in [0.4, 0.5) is 0 Å². The first-order valence-corrected chi connectivity index (χ1v) is 5.03. The number of hydrogen-bond acceptors (Lipinski definition) is 2. The van der Waals surface area contributed by atoms with Crippen molar-refractivity contribution in [3.63, 3.8) is 0 Å². The van der Waals surface area contributed by atoms with Crippen LogP contribution in [0.5, 0.6) is 0 Å². The second-order valence-electron chi connectivity index (χ2n) is 2.75. The monoisotopic (exact) mass is 194 g/mol. The van der Waals surface area contributed by atoms with Crippen molar-refractivity contribution in [2.45, 2.75) is 6.92 Å². The molecule has 0 aromatic carbocycles. The van der Waals surface area contributed by atoms with Crippen molar-refractivity contribution < 1.29 is 4.79 Å². The Balaban J connectivity index is 2.34. The van der Waals surface area contributed by atoms with E-state index in [0.717, 1.165) is 10.2 Å². The summed E-state index contributed by atoms with van der Waals surface area (Å²) in [7, 11) is 0. The summed E-state index contributed by atoms with van der Waals surface area (Å²) in [6.45, 7) is 2.56. The number of H-pyrrole nitrogens is 1. The maximum atomic E-state index is 11.4. The predicted molar refractivity (Wildman–Crippen MR) is 54.2 cm³/mol. The summed E-state index contributed by atoms with van der Waals surface area (Å²) in [5, 5.41) is 5.85. The van der Waals surface area contributed by atoms with E-state index in [1.807, 2.05) is 24.4 Å². The zero-order valence-corrected chi connectivity index (χ0v) is 8.07. The van der Waals surface area contributed by atoms with Gasteiger partial charge in [-0.1, -0.05) is 0 Å². The fourth-order valence-electron chi connectivity index (χ4n) is 1.23. The van der Waals surface area contributed by atoms with Gasteiger partial charge < -0.3 is 10.3 Å². The summed E-state index contributed by atoms with van der Waals surface area (Å²) in [5.74, 6) is -0.0362. The van der Waals surface area contributed by atoms with Crippen molar-refractivity contribution >= 4 is 27.5 Å². The van der Waals surface area contributed by atoms with E-state index in [-0.39, 0.29) is 5.91 Å². The van der Waals surface area contributed by atoms with Crippen LogP contribution < -0.4 is 5.32 Å². The summed E-state index contributed by atoms with van der Waals surface area (Å²) in [6.07, 6.45) is 0. The Bertz CT molecular complexity index is 401. The standard InChI is InChI=1S/C9H10N2OS/c1-2-10-8(12)7-5-6-3-4-13-9(6)11-7/h3-5,11H,2H2,1H3,(H,10,12). The highest BCUT2D eigenvalue weighted by Gasteiger charge is 2.07. The van der Waals surface area contributed by atoms with Gasteiger partial charge in [0.05, 0.1) is 0 Å². The van der Waals surface area contributed by atoms with Gasteiger partial charge >= 0.3 is 0 Å². The number of rotatable bonds is 2. The van der Waals surface area contributed by atoms with Gasteiger partial charge in [-0.25, -0.2) is 0 Å². The first kappa shape index (κ1) is 8.31. The molecule has 0 fully saturated rings. The third-order valence-electron chi connectivity index (χ3n) is 1.83. The van der Waals surface area contributed by atoms with Crippen LogP contribution in [0.25, 0.3) is 10.2 Å². The maximum Gasteiger partial charge on any atom is 0.267 e. The molecule has 0 radical (unpaired) electrons. The number of hydrogen-bond donors (Lipinski definition) is 2. The van der Waals surface area contributed by atoms with Crippen molar-refractivity contribution in [2.75, 3.05) is 6.54 Å². The number of fused-ring (bicyclic) bond motifs is 1. The first-order valence-electron chi connectivity index (χ1n) is 4.15. The number of thiophene rings is 1. The van der Waals surface area contributed by atoms with E-state index >= 15 is 0 Å². The second-order valence-corrected chi connectivity index (χ2v) is 3.66. The molecule has 4 heteroatoms. The van der Waals surface area contributed by atoms with E-state index in [9.17, 15) is 4.79 Å². The predicted octanol–water partition coefficient (Wildman–Crippen LogP) is 1.98. The molecule has 3 nitrogen and oxygen atoms in total. The third kappa shape index (κ3) is 1.45. The average molecular weight is 194 g/mol. The van der Waals surface area contributed by atoms with E-state index in [4.69, 9.17) is 0 Å². The van der Waals surface area contributed by atoms with Crippen LogP contribution in [0.3, 0.4) is 0 Å². The van der Waals surface area contributed by atoms with Crippen molar-refractivity contribution in [3.8, 4) is 0 Å². The van der Waals surface area contributed by atoms with Crippen LogP contribution in [0.1, 0.15) is 17.4 Å². The van der Waals surface area contributed by atoms with E-state index in [1.165, 1.54) is 0 Å². The van der Waals surface area contributed by atoms with Crippen molar-refractivity contribution in [2.24, 2.45) is 0 Å². The highest BCUT2D eigenvalue weighted by atomic mass is 32.1. The zero-order chi connectivity index (χ0) is 9.26. The molecule has 2 aromatic rings. The Morgan fingerprint density at radius 2 is 2.54 bits per heavy atom. The van der Waals surface area contributed by atoms with Gasteiger partial charge in [-0.15, -0.1) is 11.3 Å². The molecule has 0 bridgehead atoms. The number of amides is 1. The van der Waals surface area contributed by atoms with E-state index < -0.39 is 0 Å². The molecule has 0 aliphatic rings. The van der Waals surface area contributed by atoms with Crippen LogP contribution in [-0.2, 0) is 0 Å². The molecule has 2 aromatic heterocycles. The molecule has 0 saturated heterocycles. The topological polar surface area (TPSA) is 44.9 Å². The van der Waals surface area contributed by atoms with Crippen LogP contribution >= 0.6 is 11.3 Å². The van der Waals surface area contributed by atoms with Gasteiger partial charge in [0.2, 0.25) is 0 Å². The lowest BCUT2D eigenvalue weighted by atomic mass is 10.3. The summed E-state index contributed by atoms with van der Waals surface area (Å²) >= 11 is 1.61. The summed E-state index contributed by atoms with van der Waals surface area (Å²) in [6, 6.07) is 3.87. The van der Waals surface area contributed by atoms with Gasteiger partial charge in [-0.2, -0.15) is 0 Å². The normalized spacial score (nSPS) is 10.5. The molecule has 1 amide bonds. The fourth-order valence-corrected chi connectivity index (χ4v) is 2.01. The smallest absolute Gasteiger partial charge is 0.267 e. The first-order chi connectivity index (χ1) is 6.31. The zero-order valence-electron chi connectivity index (χ0n) is 7.26. The van der Waals surface area contributed by atoms with Gasteiger partial charge in [0.25, 0.3) is 5.91 Å². The SMILES string of the molecule is CCNC(=O)c1cc2ccsc2[nH]1. The molecule has 68 valence electrons. The number of nitrogens with one attached hydrogen (secondary N) is 2. The van der Waals surface area contributed by atoms with Gasteiger partial charge in [-0.3, -0.25) is 4.79 Å². The lowest BCUT2D eigenvalue weighted by molar-refractivity contribution is 0.0951. The van der Waals surface area contributed by atoms with E-state index in [2.05, 4.69) is 10.3 Å². The largest absolute Gasteiger partial charge is 0.351 e. The van der Waals surface area contributed by atoms with Crippen LogP contribution in [0.2, 0.25) is 0 Å². The Hall–Kier alpha value is -1.29. The number of carbonyl (C=O) groups excluding carboxylic acids is 1. The molecule has 13 heavy (non-hydrogen) atoms. The number of carbonyl (C=O) groups is 1. The average Bonchev–Trinajstić information content (AvgIpc) is 2.61. The second kappa shape index (κ2) is 3.22. The lowest BCUT2D eigenvalue weighted by Crippen LogP contribution is -2.22. The molecular weight excluding hydrogens is 184 g/mol. The van der Waals surface area contributed by atoms with Crippen LogP contribution in [0.15, 0.2) is 17.5 Å². The minimum Gasteiger partial charge on any atom is -0.351 e. The highest BCUT2D eigenvalue weighted by Crippen LogP contribution is 2.20. The van der Waals surface area contributed by atoms with E-state index in [0.29, 0.717) is 12.2 Å². The van der Waals surface area contributed by atoms with Crippen molar-refractivity contribution in [1.82, 2.24) is 10.3 Å². The molecule has 0 saturated carbocycles. The minimum absolute atomic E-state index is 0.0362. The molecule has 0 spiro atoms. The number of aromatic nitrogens is 1.